The highest BCUT2D eigenvalue weighted by atomic mass is 16.3. The van der Waals surface area contributed by atoms with E-state index in [9.17, 15) is 0 Å². The molecule has 0 saturated heterocycles. The fourth-order valence-corrected chi connectivity index (χ4v) is 1.53. The molecule has 0 bridgehead atoms. The van der Waals surface area contributed by atoms with E-state index in [2.05, 4.69) is 19.1 Å². The summed E-state index contributed by atoms with van der Waals surface area (Å²) in [4.78, 5) is 0. The van der Waals surface area contributed by atoms with Crippen LogP contribution < -0.4 is 5.73 Å². The Balaban J connectivity index is 2.28. The van der Waals surface area contributed by atoms with Crippen molar-refractivity contribution in [2.24, 2.45) is 5.73 Å². The van der Waals surface area contributed by atoms with Gasteiger partial charge in [-0.25, -0.2) is 0 Å². The molecule has 1 heterocycles. The lowest BCUT2D eigenvalue weighted by molar-refractivity contribution is 0.460. The van der Waals surface area contributed by atoms with E-state index < -0.39 is 0 Å². The number of hydrogen-bond acceptors (Lipinski definition) is 2. The van der Waals surface area contributed by atoms with Gasteiger partial charge in [0.2, 0.25) is 0 Å². The van der Waals surface area contributed by atoms with Crippen LogP contribution in [0.25, 0.3) is 11.1 Å². The summed E-state index contributed by atoms with van der Waals surface area (Å²) >= 11 is 0. The molecule has 0 aliphatic heterocycles. The smallest absolute Gasteiger partial charge is 0.121 e. The summed E-state index contributed by atoms with van der Waals surface area (Å²) in [6.45, 7) is 2.05. The molecule has 78 valence electrons. The second kappa shape index (κ2) is 4.32. The molecule has 2 heteroatoms. The minimum atomic E-state index is 0.00228. The first-order valence-corrected chi connectivity index (χ1v) is 5.20. The molecular formula is C13H15NO. The standard InChI is InChI=1S/C13H15NO/c1-2-12(14)13-8-11(9-15-13)10-6-4-3-5-7-10/h3-9,12H,2,14H2,1H3. The van der Waals surface area contributed by atoms with Crippen LogP contribution in [0.2, 0.25) is 0 Å². The first kappa shape index (κ1) is 9.99. The van der Waals surface area contributed by atoms with Gasteiger partial charge in [-0.3, -0.25) is 0 Å². The van der Waals surface area contributed by atoms with Gasteiger partial charge in [-0.05, 0) is 18.1 Å². The number of nitrogens with two attached hydrogens (primary N) is 1. The van der Waals surface area contributed by atoms with Gasteiger partial charge in [0.15, 0.2) is 0 Å². The Bertz CT molecular complexity index is 419. The van der Waals surface area contributed by atoms with Crippen molar-refractivity contribution in [1.82, 2.24) is 0 Å². The molecule has 2 nitrogen and oxygen atoms in total. The summed E-state index contributed by atoms with van der Waals surface area (Å²) in [6, 6.07) is 12.2. The van der Waals surface area contributed by atoms with Crippen molar-refractivity contribution in [2.45, 2.75) is 19.4 Å². The largest absolute Gasteiger partial charge is 0.467 e. The maximum absolute atomic E-state index is 5.89. The van der Waals surface area contributed by atoms with Gasteiger partial charge in [0.25, 0.3) is 0 Å². The average Bonchev–Trinajstić information content (AvgIpc) is 2.78. The first-order valence-electron chi connectivity index (χ1n) is 5.20. The van der Waals surface area contributed by atoms with E-state index in [1.165, 1.54) is 0 Å². The lowest BCUT2D eigenvalue weighted by Crippen LogP contribution is -2.06. The second-order valence-corrected chi connectivity index (χ2v) is 3.62. The van der Waals surface area contributed by atoms with Gasteiger partial charge in [0.05, 0.1) is 12.3 Å². The third kappa shape index (κ3) is 2.10. The van der Waals surface area contributed by atoms with Crippen LogP contribution in [0.3, 0.4) is 0 Å². The van der Waals surface area contributed by atoms with Crippen LogP contribution in [0, 0.1) is 0 Å². The molecule has 2 rings (SSSR count). The summed E-state index contributed by atoms with van der Waals surface area (Å²) < 4.78 is 5.45. The molecule has 1 unspecified atom stereocenters. The number of benzene rings is 1. The average molecular weight is 201 g/mol. The van der Waals surface area contributed by atoms with Crippen molar-refractivity contribution in [3.05, 3.63) is 48.4 Å². The van der Waals surface area contributed by atoms with Gasteiger partial charge in [0.1, 0.15) is 5.76 Å². The molecule has 15 heavy (non-hydrogen) atoms. The third-order valence-corrected chi connectivity index (χ3v) is 2.53. The number of furan rings is 1. The zero-order valence-electron chi connectivity index (χ0n) is 8.81. The van der Waals surface area contributed by atoms with Crippen molar-refractivity contribution in [1.29, 1.82) is 0 Å². The van der Waals surface area contributed by atoms with Crippen LogP contribution in [-0.4, -0.2) is 0 Å². The Morgan fingerprint density at radius 2 is 1.93 bits per heavy atom. The Morgan fingerprint density at radius 3 is 2.60 bits per heavy atom. The lowest BCUT2D eigenvalue weighted by Gasteiger charge is -2.02. The maximum atomic E-state index is 5.89. The van der Waals surface area contributed by atoms with E-state index in [-0.39, 0.29) is 6.04 Å². The fraction of sp³-hybridized carbons (Fsp3) is 0.231. The van der Waals surface area contributed by atoms with Crippen LogP contribution in [0.15, 0.2) is 47.1 Å². The highest BCUT2D eigenvalue weighted by Crippen LogP contribution is 2.25. The van der Waals surface area contributed by atoms with E-state index in [0.717, 1.165) is 23.3 Å². The first-order chi connectivity index (χ1) is 7.31. The van der Waals surface area contributed by atoms with E-state index in [1.807, 2.05) is 24.3 Å². The molecular weight excluding hydrogens is 186 g/mol. The van der Waals surface area contributed by atoms with E-state index >= 15 is 0 Å². The minimum Gasteiger partial charge on any atom is -0.467 e. The molecule has 1 aromatic heterocycles. The highest BCUT2D eigenvalue weighted by molar-refractivity contribution is 5.62. The van der Waals surface area contributed by atoms with Gasteiger partial charge < -0.3 is 10.2 Å². The monoisotopic (exact) mass is 201 g/mol. The predicted molar refractivity (Wildman–Crippen MR) is 61.4 cm³/mol. The van der Waals surface area contributed by atoms with E-state index in [4.69, 9.17) is 10.2 Å². The van der Waals surface area contributed by atoms with E-state index in [1.54, 1.807) is 6.26 Å². The van der Waals surface area contributed by atoms with Crippen molar-refractivity contribution >= 4 is 0 Å². The summed E-state index contributed by atoms with van der Waals surface area (Å²) in [5, 5.41) is 0. The summed E-state index contributed by atoms with van der Waals surface area (Å²) in [5.41, 5.74) is 8.15. The molecule has 0 radical (unpaired) electrons. The van der Waals surface area contributed by atoms with Gasteiger partial charge >= 0.3 is 0 Å². The summed E-state index contributed by atoms with van der Waals surface area (Å²) in [7, 11) is 0. The summed E-state index contributed by atoms with van der Waals surface area (Å²) in [5.74, 6) is 0.858. The zero-order chi connectivity index (χ0) is 10.7. The topological polar surface area (TPSA) is 39.2 Å². The number of hydrogen-bond donors (Lipinski definition) is 1. The van der Waals surface area contributed by atoms with Gasteiger partial charge in [-0.1, -0.05) is 37.3 Å². The quantitative estimate of drug-likeness (QED) is 0.827. The van der Waals surface area contributed by atoms with Crippen LogP contribution in [0.5, 0.6) is 0 Å². The molecule has 2 N–H and O–H groups in total. The molecule has 0 spiro atoms. The molecule has 0 fully saturated rings. The van der Waals surface area contributed by atoms with Gasteiger partial charge in [-0.2, -0.15) is 0 Å². The molecule has 0 amide bonds. The predicted octanol–water partition coefficient (Wildman–Crippen LogP) is 3.36. The van der Waals surface area contributed by atoms with Crippen LogP contribution in [-0.2, 0) is 0 Å². The summed E-state index contributed by atoms with van der Waals surface area (Å²) in [6.07, 6.45) is 2.65. The van der Waals surface area contributed by atoms with Crippen molar-refractivity contribution in [3.8, 4) is 11.1 Å². The van der Waals surface area contributed by atoms with Gasteiger partial charge in [-0.15, -0.1) is 0 Å². The maximum Gasteiger partial charge on any atom is 0.121 e. The van der Waals surface area contributed by atoms with Crippen molar-refractivity contribution in [3.63, 3.8) is 0 Å². The third-order valence-electron chi connectivity index (χ3n) is 2.53. The van der Waals surface area contributed by atoms with E-state index in [0.29, 0.717) is 0 Å². The van der Waals surface area contributed by atoms with Crippen LogP contribution in [0.4, 0.5) is 0 Å². The molecule has 2 aromatic rings. The van der Waals surface area contributed by atoms with Crippen molar-refractivity contribution in [2.75, 3.05) is 0 Å². The Kier molecular flexibility index (Phi) is 2.88. The Labute approximate surface area is 89.7 Å². The lowest BCUT2D eigenvalue weighted by atomic mass is 10.1. The van der Waals surface area contributed by atoms with Crippen LogP contribution in [0.1, 0.15) is 25.1 Å². The zero-order valence-corrected chi connectivity index (χ0v) is 8.81. The Hall–Kier alpha value is -1.54. The molecule has 0 aliphatic rings. The SMILES string of the molecule is CCC(N)c1cc(-c2ccccc2)co1. The molecule has 1 aromatic carbocycles. The minimum absolute atomic E-state index is 0.00228. The second-order valence-electron chi connectivity index (χ2n) is 3.62. The van der Waals surface area contributed by atoms with Crippen LogP contribution >= 0.6 is 0 Å². The molecule has 1 atom stereocenters. The molecule has 0 aliphatic carbocycles. The highest BCUT2D eigenvalue weighted by Gasteiger charge is 2.09. The number of rotatable bonds is 3. The molecule has 0 saturated carbocycles. The van der Waals surface area contributed by atoms with Gasteiger partial charge in [0, 0.05) is 5.56 Å². The Morgan fingerprint density at radius 1 is 1.20 bits per heavy atom. The normalized spacial score (nSPS) is 12.7. The van der Waals surface area contributed by atoms with Crippen molar-refractivity contribution < 1.29 is 4.42 Å². The fourth-order valence-electron chi connectivity index (χ4n) is 1.53.